The number of nitrogens with one attached hydrogen (secondary N) is 1. The SMILES string of the molecule is CCCNCc1csc(CS(C)(=O)=O)n1. The second-order valence-electron chi connectivity index (χ2n) is 3.48. The first-order valence-corrected chi connectivity index (χ1v) is 7.77. The fraction of sp³-hybridized carbons (Fsp3) is 0.667. The van der Waals surface area contributed by atoms with Crippen LogP contribution in [0, 0.1) is 0 Å². The van der Waals surface area contributed by atoms with E-state index in [1.165, 1.54) is 17.6 Å². The van der Waals surface area contributed by atoms with Gasteiger partial charge in [0.25, 0.3) is 0 Å². The van der Waals surface area contributed by atoms with Crippen molar-refractivity contribution in [1.29, 1.82) is 0 Å². The molecule has 0 amide bonds. The summed E-state index contributed by atoms with van der Waals surface area (Å²) in [6.45, 7) is 3.77. The Kier molecular flexibility index (Phi) is 4.69. The van der Waals surface area contributed by atoms with Crippen LogP contribution in [0.2, 0.25) is 0 Å². The Morgan fingerprint density at radius 2 is 2.27 bits per heavy atom. The molecule has 1 aromatic rings. The van der Waals surface area contributed by atoms with Gasteiger partial charge in [0.05, 0.1) is 5.69 Å². The lowest BCUT2D eigenvalue weighted by Gasteiger charge is -1.98. The summed E-state index contributed by atoms with van der Waals surface area (Å²) in [5.41, 5.74) is 0.923. The Bertz CT molecular complexity index is 398. The molecule has 0 atom stereocenters. The van der Waals surface area contributed by atoms with E-state index in [1.54, 1.807) is 0 Å². The van der Waals surface area contributed by atoms with E-state index >= 15 is 0 Å². The smallest absolute Gasteiger partial charge is 0.153 e. The van der Waals surface area contributed by atoms with Crippen molar-refractivity contribution in [2.24, 2.45) is 0 Å². The minimum absolute atomic E-state index is 0.0471. The van der Waals surface area contributed by atoms with Crippen LogP contribution in [-0.2, 0) is 22.1 Å². The van der Waals surface area contributed by atoms with Crippen molar-refractivity contribution in [2.75, 3.05) is 12.8 Å². The van der Waals surface area contributed by atoms with Gasteiger partial charge in [0.15, 0.2) is 9.84 Å². The van der Waals surface area contributed by atoms with Gasteiger partial charge < -0.3 is 5.32 Å². The minimum atomic E-state index is -2.96. The number of nitrogens with zero attached hydrogens (tertiary/aromatic N) is 1. The van der Waals surface area contributed by atoms with Gasteiger partial charge in [0.1, 0.15) is 10.8 Å². The Morgan fingerprint density at radius 3 is 2.87 bits per heavy atom. The summed E-state index contributed by atoms with van der Waals surface area (Å²) >= 11 is 1.40. The molecular formula is C9H16N2O2S2. The molecular weight excluding hydrogens is 232 g/mol. The summed E-state index contributed by atoms with van der Waals surface area (Å²) in [6, 6.07) is 0. The van der Waals surface area contributed by atoms with Crippen LogP contribution in [0.4, 0.5) is 0 Å². The fourth-order valence-corrected chi connectivity index (χ4v) is 3.12. The lowest BCUT2D eigenvalue weighted by molar-refractivity contribution is 0.601. The quantitative estimate of drug-likeness (QED) is 0.768. The molecule has 1 rings (SSSR count). The third kappa shape index (κ3) is 5.25. The average Bonchev–Trinajstić information content (AvgIpc) is 2.50. The number of hydrogen-bond acceptors (Lipinski definition) is 5. The van der Waals surface area contributed by atoms with E-state index in [0.717, 1.165) is 18.7 Å². The summed E-state index contributed by atoms with van der Waals surface area (Å²) in [4.78, 5) is 4.24. The number of hydrogen-bond donors (Lipinski definition) is 1. The van der Waals surface area contributed by atoms with Crippen molar-refractivity contribution in [3.05, 3.63) is 16.1 Å². The van der Waals surface area contributed by atoms with Crippen LogP contribution in [0.3, 0.4) is 0 Å². The molecule has 1 N–H and O–H groups in total. The summed E-state index contributed by atoms with van der Waals surface area (Å²) in [5.74, 6) is 0.0471. The molecule has 0 saturated carbocycles. The standard InChI is InChI=1S/C9H16N2O2S2/c1-3-4-10-5-8-6-14-9(11-8)7-15(2,12)13/h6,10H,3-5,7H2,1-2H3. The Hall–Kier alpha value is -0.460. The van der Waals surface area contributed by atoms with Crippen LogP contribution in [0.5, 0.6) is 0 Å². The Morgan fingerprint density at radius 1 is 1.53 bits per heavy atom. The molecule has 0 aliphatic rings. The molecule has 86 valence electrons. The number of sulfone groups is 1. The molecule has 0 fully saturated rings. The molecule has 6 heteroatoms. The second kappa shape index (κ2) is 5.58. The molecule has 0 unspecified atom stereocenters. The first kappa shape index (κ1) is 12.6. The molecule has 1 heterocycles. The van der Waals surface area contributed by atoms with Crippen molar-refractivity contribution < 1.29 is 8.42 Å². The average molecular weight is 248 g/mol. The minimum Gasteiger partial charge on any atom is -0.311 e. The maximum atomic E-state index is 11.0. The topological polar surface area (TPSA) is 59.1 Å². The van der Waals surface area contributed by atoms with E-state index in [1.807, 2.05) is 5.38 Å². The zero-order valence-electron chi connectivity index (χ0n) is 8.99. The molecule has 0 spiro atoms. The van der Waals surface area contributed by atoms with Crippen LogP contribution in [0.1, 0.15) is 24.0 Å². The summed E-state index contributed by atoms with van der Waals surface area (Å²) in [7, 11) is -2.96. The normalized spacial score (nSPS) is 11.9. The van der Waals surface area contributed by atoms with Crippen molar-refractivity contribution in [3.8, 4) is 0 Å². The van der Waals surface area contributed by atoms with E-state index in [2.05, 4.69) is 17.2 Å². The van der Waals surface area contributed by atoms with Crippen molar-refractivity contribution in [1.82, 2.24) is 10.3 Å². The van der Waals surface area contributed by atoms with E-state index in [0.29, 0.717) is 11.6 Å². The van der Waals surface area contributed by atoms with Crippen LogP contribution < -0.4 is 5.32 Å². The van der Waals surface area contributed by atoms with Gasteiger partial charge in [0.2, 0.25) is 0 Å². The molecule has 0 bridgehead atoms. The van der Waals surface area contributed by atoms with Gasteiger partial charge in [-0.1, -0.05) is 6.92 Å². The Labute approximate surface area is 94.7 Å². The summed E-state index contributed by atoms with van der Waals surface area (Å²) in [6.07, 6.45) is 2.31. The van der Waals surface area contributed by atoms with Gasteiger partial charge in [-0.05, 0) is 13.0 Å². The fourth-order valence-electron chi connectivity index (χ4n) is 1.11. The molecule has 15 heavy (non-hydrogen) atoms. The predicted molar refractivity (Wildman–Crippen MR) is 62.7 cm³/mol. The molecule has 0 aliphatic heterocycles. The van der Waals surface area contributed by atoms with Crippen LogP contribution in [0.25, 0.3) is 0 Å². The highest BCUT2D eigenvalue weighted by atomic mass is 32.2. The second-order valence-corrected chi connectivity index (χ2v) is 6.56. The van der Waals surface area contributed by atoms with Gasteiger partial charge >= 0.3 is 0 Å². The van der Waals surface area contributed by atoms with Crippen molar-refractivity contribution in [3.63, 3.8) is 0 Å². The molecule has 0 radical (unpaired) electrons. The van der Waals surface area contributed by atoms with Crippen molar-refractivity contribution in [2.45, 2.75) is 25.6 Å². The van der Waals surface area contributed by atoms with E-state index in [4.69, 9.17) is 0 Å². The molecule has 1 aromatic heterocycles. The van der Waals surface area contributed by atoms with Gasteiger partial charge in [0, 0.05) is 18.2 Å². The largest absolute Gasteiger partial charge is 0.311 e. The van der Waals surface area contributed by atoms with Gasteiger partial charge in [-0.15, -0.1) is 11.3 Å². The third-order valence-corrected chi connectivity index (χ3v) is 3.60. The van der Waals surface area contributed by atoms with Gasteiger partial charge in [-0.3, -0.25) is 0 Å². The number of aromatic nitrogens is 1. The monoisotopic (exact) mass is 248 g/mol. The van der Waals surface area contributed by atoms with E-state index in [9.17, 15) is 8.42 Å². The van der Waals surface area contributed by atoms with Crippen molar-refractivity contribution >= 4 is 21.2 Å². The highest BCUT2D eigenvalue weighted by Crippen LogP contribution is 2.12. The highest BCUT2D eigenvalue weighted by Gasteiger charge is 2.08. The summed E-state index contributed by atoms with van der Waals surface area (Å²) in [5, 5.41) is 5.80. The number of thiazole rings is 1. The van der Waals surface area contributed by atoms with E-state index < -0.39 is 9.84 Å². The van der Waals surface area contributed by atoms with E-state index in [-0.39, 0.29) is 5.75 Å². The first-order valence-electron chi connectivity index (χ1n) is 4.83. The maximum absolute atomic E-state index is 11.0. The molecule has 0 saturated heterocycles. The molecule has 0 aromatic carbocycles. The molecule has 4 nitrogen and oxygen atoms in total. The Balaban J connectivity index is 2.49. The predicted octanol–water partition coefficient (Wildman–Crippen LogP) is 1.19. The first-order chi connectivity index (χ1) is 7.01. The van der Waals surface area contributed by atoms with Gasteiger partial charge in [-0.2, -0.15) is 0 Å². The van der Waals surface area contributed by atoms with Crippen LogP contribution >= 0.6 is 11.3 Å². The van der Waals surface area contributed by atoms with Crippen LogP contribution in [-0.4, -0.2) is 26.2 Å². The zero-order chi connectivity index (χ0) is 11.3. The lowest BCUT2D eigenvalue weighted by Crippen LogP contribution is -2.14. The van der Waals surface area contributed by atoms with Crippen LogP contribution in [0.15, 0.2) is 5.38 Å². The molecule has 0 aliphatic carbocycles. The third-order valence-electron chi connectivity index (χ3n) is 1.72. The highest BCUT2D eigenvalue weighted by molar-refractivity contribution is 7.90. The zero-order valence-corrected chi connectivity index (χ0v) is 10.6. The maximum Gasteiger partial charge on any atom is 0.153 e. The number of rotatable bonds is 6. The van der Waals surface area contributed by atoms with Gasteiger partial charge in [-0.25, -0.2) is 13.4 Å². The summed E-state index contributed by atoms with van der Waals surface area (Å²) < 4.78 is 22.0. The lowest BCUT2D eigenvalue weighted by atomic mass is 10.4.